The second-order valence-corrected chi connectivity index (χ2v) is 5.53. The molecule has 0 aromatic carbocycles. The molecule has 2 rings (SSSR count). The van der Waals surface area contributed by atoms with E-state index in [4.69, 9.17) is 19.3 Å². The van der Waals surface area contributed by atoms with Gasteiger partial charge in [-0.25, -0.2) is 0 Å². The van der Waals surface area contributed by atoms with Gasteiger partial charge in [-0.1, -0.05) is 0 Å². The van der Waals surface area contributed by atoms with Gasteiger partial charge in [0.25, 0.3) is 0 Å². The number of aliphatic hydroxyl groups is 8. The van der Waals surface area contributed by atoms with E-state index in [0.717, 1.165) is 0 Å². The van der Waals surface area contributed by atoms with Crippen LogP contribution in [0.5, 0.6) is 0 Å². The first-order chi connectivity index (χ1) is 10.8. The molecule has 0 aliphatic carbocycles. The summed E-state index contributed by atoms with van der Waals surface area (Å²) in [6, 6.07) is 0. The van der Waals surface area contributed by atoms with Crippen molar-refractivity contribution in [3.05, 3.63) is 0 Å². The fourth-order valence-corrected chi connectivity index (χ4v) is 2.57. The molecule has 0 unspecified atom stereocenters. The zero-order valence-electron chi connectivity index (χ0n) is 13.5. The molecular formula is C12H28O14. The Labute approximate surface area is 147 Å². The summed E-state index contributed by atoms with van der Waals surface area (Å²) in [5, 5.41) is 76.5. The Morgan fingerprint density at radius 1 is 0.615 bits per heavy atom. The van der Waals surface area contributed by atoms with Crippen molar-refractivity contribution in [2.45, 2.75) is 61.4 Å². The van der Waals surface area contributed by atoms with Crippen molar-refractivity contribution < 1.29 is 71.5 Å². The van der Waals surface area contributed by atoms with Gasteiger partial charge in [-0.2, -0.15) is 0 Å². The Morgan fingerprint density at radius 3 is 1.65 bits per heavy atom. The Balaban J connectivity index is 0. The van der Waals surface area contributed by atoms with E-state index in [-0.39, 0.29) is 16.4 Å². The number of ether oxygens (including phenoxy) is 3. The van der Waals surface area contributed by atoms with Crippen LogP contribution >= 0.6 is 0 Å². The lowest BCUT2D eigenvalue weighted by atomic mass is 9.97. The van der Waals surface area contributed by atoms with E-state index < -0.39 is 74.6 Å². The Kier molecular flexibility index (Phi) is 12.0. The van der Waals surface area contributed by atoms with Crippen LogP contribution in [0.3, 0.4) is 0 Å². The molecule has 2 heterocycles. The third-order valence-electron chi connectivity index (χ3n) is 3.98. The fraction of sp³-hybridized carbons (Fsp3) is 1.00. The minimum atomic E-state index is -1.74. The molecule has 2 fully saturated rings. The Bertz CT molecular complexity index is 381. The van der Waals surface area contributed by atoms with E-state index >= 15 is 0 Å². The Hall–Kier alpha value is -0.560. The van der Waals surface area contributed by atoms with Crippen molar-refractivity contribution in [1.29, 1.82) is 0 Å². The van der Waals surface area contributed by atoms with Crippen LogP contribution in [-0.4, -0.2) is 132 Å². The van der Waals surface area contributed by atoms with Crippen LogP contribution in [0.4, 0.5) is 0 Å². The zero-order chi connectivity index (χ0) is 17.3. The lowest BCUT2D eigenvalue weighted by molar-refractivity contribution is -0.355. The van der Waals surface area contributed by atoms with Gasteiger partial charge in [-0.3, -0.25) is 0 Å². The van der Waals surface area contributed by atoms with Crippen LogP contribution in [0.2, 0.25) is 0 Å². The molecule has 160 valence electrons. The molecule has 2 saturated heterocycles. The highest BCUT2D eigenvalue weighted by Crippen LogP contribution is 2.28. The molecule has 14 N–H and O–H groups in total. The van der Waals surface area contributed by atoms with Gasteiger partial charge in [0.05, 0.1) is 13.2 Å². The van der Waals surface area contributed by atoms with Crippen molar-refractivity contribution in [3.63, 3.8) is 0 Å². The van der Waals surface area contributed by atoms with E-state index in [1.807, 2.05) is 0 Å². The molecule has 0 spiro atoms. The molecule has 14 heteroatoms. The molecule has 26 heavy (non-hydrogen) atoms. The van der Waals surface area contributed by atoms with Crippen LogP contribution in [0.25, 0.3) is 0 Å². The van der Waals surface area contributed by atoms with E-state index in [9.17, 15) is 35.7 Å². The SMILES string of the molecule is O.O.O.OC[C@H]1O[C@@H](O[C@H]2[C@H](O)[C@@H](O)[C@@H](O)O[C@@H]2CO)[C@H](O)[C@@H](O)[C@H]1O. The van der Waals surface area contributed by atoms with Crippen molar-refractivity contribution in [2.75, 3.05) is 13.2 Å². The molecule has 0 aromatic heterocycles. The highest BCUT2D eigenvalue weighted by Gasteiger charge is 2.50. The van der Waals surface area contributed by atoms with Crippen LogP contribution in [0, 0.1) is 0 Å². The molecule has 0 bridgehead atoms. The molecule has 2 aliphatic rings. The largest absolute Gasteiger partial charge is 0.412 e. The number of aliphatic hydroxyl groups excluding tert-OH is 8. The highest BCUT2D eigenvalue weighted by atomic mass is 16.7. The fourth-order valence-electron chi connectivity index (χ4n) is 2.57. The first-order valence-corrected chi connectivity index (χ1v) is 7.08. The van der Waals surface area contributed by atoms with Gasteiger partial charge in [-0.05, 0) is 0 Å². The van der Waals surface area contributed by atoms with E-state index in [1.54, 1.807) is 0 Å². The maximum atomic E-state index is 9.94. The number of hydrogen-bond donors (Lipinski definition) is 8. The van der Waals surface area contributed by atoms with Crippen LogP contribution in [0.15, 0.2) is 0 Å². The van der Waals surface area contributed by atoms with Gasteiger partial charge in [0.2, 0.25) is 0 Å². The minimum Gasteiger partial charge on any atom is -0.412 e. The summed E-state index contributed by atoms with van der Waals surface area (Å²) in [6.07, 6.45) is -15.6. The van der Waals surface area contributed by atoms with Gasteiger partial charge in [0, 0.05) is 0 Å². The Morgan fingerprint density at radius 2 is 1.15 bits per heavy atom. The smallest absolute Gasteiger partial charge is 0.187 e. The van der Waals surface area contributed by atoms with Crippen LogP contribution in [0.1, 0.15) is 0 Å². The van der Waals surface area contributed by atoms with E-state index in [1.165, 1.54) is 0 Å². The molecule has 14 nitrogen and oxygen atoms in total. The van der Waals surface area contributed by atoms with E-state index in [0.29, 0.717) is 0 Å². The maximum Gasteiger partial charge on any atom is 0.187 e. The van der Waals surface area contributed by atoms with Crippen molar-refractivity contribution in [3.8, 4) is 0 Å². The molecule has 0 aromatic rings. The van der Waals surface area contributed by atoms with Gasteiger partial charge in [0.1, 0.15) is 48.8 Å². The topological polar surface area (TPSA) is 284 Å². The highest BCUT2D eigenvalue weighted by molar-refractivity contribution is 4.93. The van der Waals surface area contributed by atoms with Crippen LogP contribution < -0.4 is 0 Å². The van der Waals surface area contributed by atoms with Crippen molar-refractivity contribution in [2.24, 2.45) is 0 Å². The van der Waals surface area contributed by atoms with Gasteiger partial charge in [0.15, 0.2) is 12.6 Å². The summed E-state index contributed by atoms with van der Waals surface area (Å²) in [4.78, 5) is 0. The molecule has 2 aliphatic heterocycles. The predicted octanol–water partition coefficient (Wildman–Crippen LogP) is -7.87. The first kappa shape index (κ1) is 27.7. The molecule has 0 saturated carbocycles. The molecular weight excluding hydrogens is 368 g/mol. The normalized spacial score (nSPS) is 45.7. The lowest BCUT2D eigenvalue weighted by Gasteiger charge is -2.45. The molecule has 0 radical (unpaired) electrons. The van der Waals surface area contributed by atoms with Crippen molar-refractivity contribution >= 4 is 0 Å². The van der Waals surface area contributed by atoms with E-state index in [2.05, 4.69) is 0 Å². The third-order valence-corrected chi connectivity index (χ3v) is 3.98. The summed E-state index contributed by atoms with van der Waals surface area (Å²) < 4.78 is 15.3. The first-order valence-electron chi connectivity index (χ1n) is 7.08. The predicted molar refractivity (Wildman–Crippen MR) is 79.5 cm³/mol. The van der Waals surface area contributed by atoms with Gasteiger partial charge >= 0.3 is 0 Å². The van der Waals surface area contributed by atoms with Gasteiger partial charge in [-0.15, -0.1) is 0 Å². The molecule has 10 atom stereocenters. The standard InChI is InChI=1S/C12H22O11.3H2O/c13-1-3-5(15)6(16)9(19)12(22-3)23-10-4(2-14)21-11(20)8(18)7(10)17;;;/h3-20H,1-2H2;3*1H2/t3-,4-,5+,6+,7-,8-,9-,10-,11+,12+;;;/m1.../s1. The summed E-state index contributed by atoms with van der Waals surface area (Å²) in [5.41, 5.74) is 0. The monoisotopic (exact) mass is 396 g/mol. The lowest BCUT2D eigenvalue weighted by Crippen LogP contribution is -2.64. The summed E-state index contributed by atoms with van der Waals surface area (Å²) in [7, 11) is 0. The molecule has 0 amide bonds. The second-order valence-electron chi connectivity index (χ2n) is 5.53. The average molecular weight is 396 g/mol. The number of rotatable bonds is 4. The maximum absolute atomic E-state index is 9.94. The summed E-state index contributed by atoms with van der Waals surface area (Å²) >= 11 is 0. The average Bonchev–Trinajstić information content (AvgIpc) is 2.55. The number of hydrogen-bond acceptors (Lipinski definition) is 11. The van der Waals surface area contributed by atoms with Crippen molar-refractivity contribution in [1.82, 2.24) is 0 Å². The minimum absolute atomic E-state index is 0. The second kappa shape index (κ2) is 11.3. The van der Waals surface area contributed by atoms with Gasteiger partial charge < -0.3 is 71.5 Å². The zero-order valence-corrected chi connectivity index (χ0v) is 13.5. The quantitative estimate of drug-likeness (QED) is 0.221. The van der Waals surface area contributed by atoms with Crippen LogP contribution in [-0.2, 0) is 14.2 Å². The summed E-state index contributed by atoms with van der Waals surface area (Å²) in [6.45, 7) is -1.35. The third kappa shape index (κ3) is 5.24. The summed E-state index contributed by atoms with van der Waals surface area (Å²) in [5.74, 6) is 0.